The second kappa shape index (κ2) is 8.23. The van der Waals surface area contributed by atoms with Gasteiger partial charge in [-0.25, -0.2) is 17.6 Å². The molecular formula is C22H21F4N4O3S+. The number of aryl methyl sites for hydroxylation is 1. The van der Waals surface area contributed by atoms with Crippen LogP contribution in [0.25, 0.3) is 15.5 Å². The highest BCUT2D eigenvalue weighted by Gasteiger charge is 2.53. The molecule has 2 aliphatic heterocycles. The third-order valence-corrected chi connectivity index (χ3v) is 6.15. The number of aromatic nitrogens is 1. The summed E-state index contributed by atoms with van der Waals surface area (Å²) >= 11 is 0. The molecule has 0 aliphatic carbocycles. The van der Waals surface area contributed by atoms with Crippen molar-refractivity contribution >= 4 is 15.9 Å². The fourth-order valence-electron chi connectivity index (χ4n) is 4.04. The molecule has 2 aromatic rings. The summed E-state index contributed by atoms with van der Waals surface area (Å²) in [4.78, 5) is 10.9. The predicted octanol–water partition coefficient (Wildman–Crippen LogP) is 4.14. The Labute approximate surface area is 193 Å². The first-order valence-corrected chi connectivity index (χ1v) is 12.1. The number of hydrogen-bond donors (Lipinski definition) is 0. The fourth-order valence-corrected chi connectivity index (χ4v) is 4.35. The zero-order valence-electron chi connectivity index (χ0n) is 18.5. The standard InChI is InChI=1S/C22H21F4N4O3S/c1-13-4-5-17(16(6-13)20-18(24)7-15(23)10-27-20)21(2)8-19(29-33-21)30-11-14(22(25,26)12-30)9-28-34(3,31)32/h4-7,10,14H,8,11-12H2,1-3H3/q+1. The van der Waals surface area contributed by atoms with Gasteiger partial charge in [-0.3, -0.25) is 4.98 Å². The Morgan fingerprint density at radius 1 is 1.26 bits per heavy atom. The number of rotatable bonds is 2. The molecule has 2 unspecified atom stereocenters. The third-order valence-electron chi connectivity index (χ3n) is 5.71. The lowest BCUT2D eigenvalue weighted by Crippen LogP contribution is -2.33. The van der Waals surface area contributed by atoms with E-state index in [0.29, 0.717) is 11.1 Å². The SMILES string of the molecule is Cc1ccc(C2(C)CC(N3CC(C#[N+]S(C)(=O)=O)C(F)(F)C3)=NO2)c(-c2ncc(F)cc2F)c1. The van der Waals surface area contributed by atoms with Crippen LogP contribution in [0.4, 0.5) is 17.6 Å². The third kappa shape index (κ3) is 4.70. The van der Waals surface area contributed by atoms with E-state index in [0.717, 1.165) is 24.1 Å². The normalized spacial score (nSPS) is 23.8. The summed E-state index contributed by atoms with van der Waals surface area (Å²) in [5.74, 6) is -6.25. The Morgan fingerprint density at radius 3 is 2.68 bits per heavy atom. The molecule has 0 spiro atoms. The number of alkyl halides is 2. The van der Waals surface area contributed by atoms with Crippen molar-refractivity contribution in [2.75, 3.05) is 19.3 Å². The summed E-state index contributed by atoms with van der Waals surface area (Å²) in [6.07, 6.45) is 1.78. The molecule has 12 heteroatoms. The molecule has 0 saturated carbocycles. The van der Waals surface area contributed by atoms with Gasteiger partial charge in [0.15, 0.2) is 17.3 Å². The van der Waals surface area contributed by atoms with Crippen molar-refractivity contribution in [3.63, 3.8) is 0 Å². The number of hydrogen-bond acceptors (Lipinski definition) is 6. The Bertz CT molecular complexity index is 1350. The van der Waals surface area contributed by atoms with Gasteiger partial charge in [0.25, 0.3) is 5.92 Å². The molecule has 0 amide bonds. The number of sulfonamides is 1. The summed E-state index contributed by atoms with van der Waals surface area (Å²) in [6.45, 7) is 2.52. The number of benzene rings is 1. The minimum absolute atomic E-state index is 0.0715. The molecule has 2 atom stereocenters. The summed E-state index contributed by atoms with van der Waals surface area (Å²) in [5, 5.41) is 4.01. The number of halogens is 4. The van der Waals surface area contributed by atoms with Crippen LogP contribution in [0.5, 0.6) is 0 Å². The Morgan fingerprint density at radius 2 is 2.00 bits per heavy atom. The van der Waals surface area contributed by atoms with Crippen LogP contribution >= 0.6 is 0 Å². The average Bonchev–Trinajstić information content (AvgIpc) is 3.26. The highest BCUT2D eigenvalue weighted by atomic mass is 32.2. The van der Waals surface area contributed by atoms with Gasteiger partial charge in [0.2, 0.25) is 0 Å². The van der Waals surface area contributed by atoms with Gasteiger partial charge < -0.3 is 9.74 Å². The van der Waals surface area contributed by atoms with Crippen LogP contribution in [-0.2, 0) is 20.5 Å². The number of pyridine rings is 1. The fraction of sp³-hybridized carbons (Fsp3) is 0.409. The zero-order chi connectivity index (χ0) is 24.9. The van der Waals surface area contributed by atoms with E-state index in [9.17, 15) is 26.0 Å². The van der Waals surface area contributed by atoms with Crippen LogP contribution in [0.1, 0.15) is 24.5 Å². The zero-order valence-corrected chi connectivity index (χ0v) is 19.3. The number of oxime groups is 1. The molecule has 3 heterocycles. The van der Waals surface area contributed by atoms with Crippen molar-refractivity contribution in [3.8, 4) is 17.3 Å². The molecule has 0 radical (unpaired) electrons. The first kappa shape index (κ1) is 23.9. The van der Waals surface area contributed by atoms with Gasteiger partial charge in [0.1, 0.15) is 23.6 Å². The minimum atomic E-state index is -3.85. The van der Waals surface area contributed by atoms with E-state index in [1.54, 1.807) is 32.0 Å². The lowest BCUT2D eigenvalue weighted by Gasteiger charge is -2.26. The molecule has 1 fully saturated rings. The minimum Gasteiger partial charge on any atom is -0.383 e. The van der Waals surface area contributed by atoms with Crippen LogP contribution in [-0.4, -0.2) is 49.4 Å². The number of amidine groups is 1. The topological polar surface area (TPSA) is 76.2 Å². The van der Waals surface area contributed by atoms with Gasteiger partial charge in [-0.2, -0.15) is 0 Å². The van der Waals surface area contributed by atoms with Crippen LogP contribution in [0, 0.1) is 30.5 Å². The molecule has 4 rings (SSSR count). The van der Waals surface area contributed by atoms with E-state index >= 15 is 0 Å². The van der Waals surface area contributed by atoms with Gasteiger partial charge in [-0.1, -0.05) is 22.9 Å². The second-order valence-corrected chi connectivity index (χ2v) is 10.3. The van der Waals surface area contributed by atoms with Crippen LogP contribution in [0.2, 0.25) is 0 Å². The van der Waals surface area contributed by atoms with Crippen LogP contribution < -0.4 is 0 Å². The molecule has 7 nitrogen and oxygen atoms in total. The van der Waals surface area contributed by atoms with Crippen molar-refractivity contribution in [2.45, 2.75) is 31.8 Å². The molecule has 0 bridgehead atoms. The maximum absolute atomic E-state index is 14.5. The van der Waals surface area contributed by atoms with E-state index in [2.05, 4.69) is 14.4 Å². The quantitative estimate of drug-likeness (QED) is 0.583. The van der Waals surface area contributed by atoms with Crippen LogP contribution in [0.15, 0.2) is 35.6 Å². The average molecular weight is 497 g/mol. The smallest absolute Gasteiger partial charge is 0.383 e. The van der Waals surface area contributed by atoms with Gasteiger partial charge in [-0.05, 0) is 19.9 Å². The van der Waals surface area contributed by atoms with Crippen molar-refractivity contribution in [1.29, 1.82) is 0 Å². The van der Waals surface area contributed by atoms with Crippen LogP contribution in [0.3, 0.4) is 0 Å². The van der Waals surface area contributed by atoms with E-state index in [1.807, 2.05) is 6.07 Å². The Balaban J connectivity index is 1.62. The van der Waals surface area contributed by atoms with E-state index in [-0.39, 0.29) is 24.5 Å². The molecular weight excluding hydrogens is 476 g/mol. The number of nitrogens with zero attached hydrogens (tertiary/aromatic N) is 4. The van der Waals surface area contributed by atoms with E-state index in [1.165, 1.54) is 4.90 Å². The molecule has 2 aliphatic rings. The Kier molecular flexibility index (Phi) is 5.80. The van der Waals surface area contributed by atoms with Crippen molar-refractivity contribution in [3.05, 3.63) is 57.5 Å². The van der Waals surface area contributed by atoms with Crippen molar-refractivity contribution in [2.24, 2.45) is 11.1 Å². The molecule has 34 heavy (non-hydrogen) atoms. The highest BCUT2D eigenvalue weighted by molar-refractivity contribution is 7.92. The largest absolute Gasteiger partial charge is 0.476 e. The Hall–Kier alpha value is -3.20. The maximum atomic E-state index is 14.5. The summed E-state index contributed by atoms with van der Waals surface area (Å²) in [5.41, 5.74) is 0.462. The first-order chi connectivity index (χ1) is 15.8. The van der Waals surface area contributed by atoms with Gasteiger partial charge in [-0.15, -0.1) is 8.42 Å². The van der Waals surface area contributed by atoms with Gasteiger partial charge in [0.05, 0.1) is 23.4 Å². The lowest BCUT2D eigenvalue weighted by molar-refractivity contribution is -0.00698. The van der Waals surface area contributed by atoms with E-state index < -0.39 is 45.6 Å². The second-order valence-electron chi connectivity index (χ2n) is 8.69. The van der Waals surface area contributed by atoms with E-state index in [4.69, 9.17) is 4.84 Å². The highest BCUT2D eigenvalue weighted by Crippen LogP contribution is 2.43. The molecule has 1 aromatic heterocycles. The van der Waals surface area contributed by atoms with Crippen molar-refractivity contribution < 1.29 is 30.8 Å². The maximum Gasteiger partial charge on any atom is 0.476 e. The van der Waals surface area contributed by atoms with Gasteiger partial charge in [0, 0.05) is 23.7 Å². The lowest BCUT2D eigenvalue weighted by atomic mass is 9.86. The summed E-state index contributed by atoms with van der Waals surface area (Å²) in [6, 6.07) is 7.94. The van der Waals surface area contributed by atoms with Crippen molar-refractivity contribution in [1.82, 2.24) is 9.88 Å². The molecule has 1 aromatic carbocycles. The number of likely N-dealkylation sites (tertiary alicyclic amines) is 1. The predicted molar refractivity (Wildman–Crippen MR) is 117 cm³/mol. The monoisotopic (exact) mass is 497 g/mol. The molecule has 1 saturated heterocycles. The summed E-state index contributed by atoms with van der Waals surface area (Å²) in [7, 11) is -3.85. The summed E-state index contributed by atoms with van der Waals surface area (Å²) < 4.78 is 82.4. The van der Waals surface area contributed by atoms with Gasteiger partial charge >= 0.3 is 16.1 Å². The molecule has 0 N–H and O–H groups in total. The first-order valence-electron chi connectivity index (χ1n) is 10.3. The molecule has 180 valence electrons.